The number of hydrazone groups is 1. The second-order valence-electron chi connectivity index (χ2n) is 6.69. The number of anilines is 1. The minimum Gasteiger partial charge on any atom is -0.295 e. The summed E-state index contributed by atoms with van der Waals surface area (Å²) in [6.07, 6.45) is 0.602. The van der Waals surface area contributed by atoms with E-state index in [0.29, 0.717) is 22.0 Å². The number of amides is 2. The highest BCUT2D eigenvalue weighted by Crippen LogP contribution is 2.31. The third kappa shape index (κ3) is 4.31. The van der Waals surface area contributed by atoms with Crippen molar-refractivity contribution < 1.29 is 18.0 Å². The van der Waals surface area contributed by atoms with Crippen LogP contribution in [0.5, 0.6) is 0 Å². The Hall–Kier alpha value is -2.37. The SMILES string of the molecule is O=C(Nc1nnc(-c2ccccc2Cl)s1)C1=NN(C2CCS(=O)(=O)C2)C(=O)CC1. The average Bonchev–Trinajstić information content (AvgIpc) is 3.28. The fourth-order valence-electron chi connectivity index (χ4n) is 3.17. The number of carbonyl (C=O) groups excluding carboxylic acids is 2. The predicted molar refractivity (Wildman–Crippen MR) is 110 cm³/mol. The first kappa shape index (κ1) is 19.9. The Labute approximate surface area is 175 Å². The molecular formula is C17H16ClN5O4S2. The Balaban J connectivity index is 1.49. The summed E-state index contributed by atoms with van der Waals surface area (Å²) in [5.74, 6) is -0.881. The molecule has 0 bridgehead atoms. The molecule has 29 heavy (non-hydrogen) atoms. The monoisotopic (exact) mass is 453 g/mol. The van der Waals surface area contributed by atoms with Crippen LogP contribution in [-0.4, -0.2) is 58.7 Å². The summed E-state index contributed by atoms with van der Waals surface area (Å²) in [5.41, 5.74) is 0.866. The zero-order valence-electron chi connectivity index (χ0n) is 15.0. The van der Waals surface area contributed by atoms with Gasteiger partial charge in [-0.15, -0.1) is 10.2 Å². The van der Waals surface area contributed by atoms with Gasteiger partial charge in [0.05, 0.1) is 22.6 Å². The van der Waals surface area contributed by atoms with Crippen molar-refractivity contribution in [3.8, 4) is 10.6 Å². The number of nitrogens with one attached hydrogen (secondary N) is 1. The molecule has 1 unspecified atom stereocenters. The Morgan fingerprint density at radius 1 is 1.24 bits per heavy atom. The van der Waals surface area contributed by atoms with Crippen molar-refractivity contribution in [2.75, 3.05) is 16.8 Å². The van der Waals surface area contributed by atoms with Crippen LogP contribution in [0.25, 0.3) is 10.6 Å². The summed E-state index contributed by atoms with van der Waals surface area (Å²) in [6.45, 7) is 0. The van der Waals surface area contributed by atoms with Gasteiger partial charge in [-0.2, -0.15) is 5.10 Å². The zero-order chi connectivity index (χ0) is 20.6. The van der Waals surface area contributed by atoms with Crippen molar-refractivity contribution in [1.29, 1.82) is 0 Å². The van der Waals surface area contributed by atoms with Gasteiger partial charge in [0.1, 0.15) is 5.71 Å². The molecule has 0 radical (unpaired) electrons. The molecule has 9 nitrogen and oxygen atoms in total. The van der Waals surface area contributed by atoms with Crippen molar-refractivity contribution in [2.45, 2.75) is 25.3 Å². The summed E-state index contributed by atoms with van der Waals surface area (Å²) >= 11 is 7.33. The van der Waals surface area contributed by atoms with Gasteiger partial charge >= 0.3 is 0 Å². The number of benzene rings is 1. The van der Waals surface area contributed by atoms with Gasteiger partial charge in [0.2, 0.25) is 11.0 Å². The second-order valence-corrected chi connectivity index (χ2v) is 10.3. The molecule has 1 aromatic carbocycles. The van der Waals surface area contributed by atoms with E-state index in [1.165, 1.54) is 11.3 Å². The van der Waals surface area contributed by atoms with Crippen molar-refractivity contribution in [3.63, 3.8) is 0 Å². The summed E-state index contributed by atoms with van der Waals surface area (Å²) in [4.78, 5) is 24.8. The molecule has 152 valence electrons. The summed E-state index contributed by atoms with van der Waals surface area (Å²) in [7, 11) is -3.17. The van der Waals surface area contributed by atoms with Crippen LogP contribution in [0.3, 0.4) is 0 Å². The normalized spacial score (nSPS) is 21.1. The maximum Gasteiger partial charge on any atom is 0.273 e. The minimum atomic E-state index is -3.17. The largest absolute Gasteiger partial charge is 0.295 e. The number of sulfone groups is 1. The molecule has 4 rings (SSSR count). The molecule has 12 heteroatoms. The fourth-order valence-corrected chi connectivity index (χ4v) is 5.93. The lowest BCUT2D eigenvalue weighted by Crippen LogP contribution is -2.42. The molecule has 2 amide bonds. The first-order valence-corrected chi connectivity index (χ1v) is 11.8. The molecule has 1 fully saturated rings. The number of aromatic nitrogens is 2. The average molecular weight is 454 g/mol. The van der Waals surface area contributed by atoms with Crippen molar-refractivity contribution >= 4 is 55.4 Å². The van der Waals surface area contributed by atoms with Gasteiger partial charge in [-0.25, -0.2) is 13.4 Å². The van der Waals surface area contributed by atoms with E-state index in [1.54, 1.807) is 18.2 Å². The molecule has 3 heterocycles. The number of carbonyl (C=O) groups is 2. The molecule has 0 saturated carbocycles. The highest BCUT2D eigenvalue weighted by Gasteiger charge is 2.37. The summed E-state index contributed by atoms with van der Waals surface area (Å²) in [6, 6.07) is 6.65. The molecule has 1 N–H and O–H groups in total. The maximum absolute atomic E-state index is 12.6. The van der Waals surface area contributed by atoms with Crippen LogP contribution in [-0.2, 0) is 19.4 Å². The van der Waals surface area contributed by atoms with Gasteiger partial charge < -0.3 is 0 Å². The first-order valence-electron chi connectivity index (χ1n) is 8.82. The topological polar surface area (TPSA) is 122 Å². The Bertz CT molecular complexity index is 1110. The molecule has 0 aliphatic carbocycles. The second kappa shape index (κ2) is 7.81. The molecule has 2 aliphatic rings. The van der Waals surface area contributed by atoms with Gasteiger partial charge in [0.25, 0.3) is 5.91 Å². The number of nitrogens with zero attached hydrogens (tertiary/aromatic N) is 4. The number of hydrogen-bond acceptors (Lipinski definition) is 8. The van der Waals surface area contributed by atoms with Crippen LogP contribution in [0, 0.1) is 0 Å². The van der Waals surface area contributed by atoms with E-state index in [9.17, 15) is 18.0 Å². The molecule has 0 spiro atoms. The third-order valence-corrected chi connectivity index (χ3v) is 7.58. The lowest BCUT2D eigenvalue weighted by Gasteiger charge is -2.27. The van der Waals surface area contributed by atoms with Crippen LogP contribution < -0.4 is 5.32 Å². The number of halogens is 1. The summed E-state index contributed by atoms with van der Waals surface area (Å²) in [5, 5.41) is 17.3. The predicted octanol–water partition coefficient (Wildman–Crippen LogP) is 1.96. The van der Waals surface area contributed by atoms with Gasteiger partial charge in [0, 0.05) is 18.4 Å². The maximum atomic E-state index is 12.6. The van der Waals surface area contributed by atoms with Crippen LogP contribution in [0.15, 0.2) is 29.4 Å². The Morgan fingerprint density at radius 3 is 2.76 bits per heavy atom. The third-order valence-electron chi connectivity index (χ3n) is 4.63. The van der Waals surface area contributed by atoms with Crippen molar-refractivity contribution in [2.24, 2.45) is 5.10 Å². The summed E-state index contributed by atoms with van der Waals surface area (Å²) < 4.78 is 23.4. The van der Waals surface area contributed by atoms with Gasteiger partial charge in [0.15, 0.2) is 14.8 Å². The van der Waals surface area contributed by atoms with E-state index >= 15 is 0 Å². The highest BCUT2D eigenvalue weighted by atomic mass is 35.5. The number of rotatable bonds is 4. The molecule has 2 aliphatic heterocycles. The highest BCUT2D eigenvalue weighted by molar-refractivity contribution is 7.91. The molecular weight excluding hydrogens is 438 g/mol. The molecule has 2 aromatic rings. The fraction of sp³-hybridized carbons (Fsp3) is 0.353. The quantitative estimate of drug-likeness (QED) is 0.755. The Kier molecular flexibility index (Phi) is 5.36. The van der Waals surface area contributed by atoms with Gasteiger partial charge in [-0.05, 0) is 12.5 Å². The number of hydrogen-bond donors (Lipinski definition) is 1. The first-order chi connectivity index (χ1) is 13.8. The van der Waals surface area contributed by atoms with Crippen molar-refractivity contribution in [1.82, 2.24) is 15.2 Å². The van der Waals surface area contributed by atoms with Crippen LogP contribution in [0.4, 0.5) is 5.13 Å². The standard InChI is InChI=1S/C17H16ClN5O4S2/c18-12-4-2-1-3-11(12)16-20-21-17(28-16)19-15(25)13-5-6-14(24)23(22-13)10-7-8-29(26,27)9-10/h1-4,10H,5-9H2,(H,19,21,25). The minimum absolute atomic E-state index is 0.0219. The molecule has 1 saturated heterocycles. The van der Waals surface area contributed by atoms with Gasteiger partial charge in [-0.1, -0.05) is 41.1 Å². The van der Waals surface area contributed by atoms with Crippen LogP contribution in [0.1, 0.15) is 19.3 Å². The van der Waals surface area contributed by atoms with Crippen molar-refractivity contribution in [3.05, 3.63) is 29.3 Å². The van der Waals surface area contributed by atoms with E-state index in [4.69, 9.17) is 11.6 Å². The smallest absolute Gasteiger partial charge is 0.273 e. The molecule has 1 atom stereocenters. The van der Waals surface area contributed by atoms with E-state index in [2.05, 4.69) is 20.6 Å². The van der Waals surface area contributed by atoms with Crippen LogP contribution >= 0.6 is 22.9 Å². The van der Waals surface area contributed by atoms with Gasteiger partial charge in [-0.3, -0.25) is 14.9 Å². The van der Waals surface area contributed by atoms with E-state index in [1.807, 2.05) is 6.07 Å². The van der Waals surface area contributed by atoms with E-state index < -0.39 is 21.8 Å². The molecule has 1 aromatic heterocycles. The van der Waals surface area contributed by atoms with E-state index in [0.717, 1.165) is 5.01 Å². The lowest BCUT2D eigenvalue weighted by atomic mass is 10.1. The lowest BCUT2D eigenvalue weighted by molar-refractivity contribution is -0.133. The zero-order valence-corrected chi connectivity index (χ0v) is 17.4. The van der Waals surface area contributed by atoms with E-state index in [-0.39, 0.29) is 41.1 Å². The van der Waals surface area contributed by atoms with Crippen LogP contribution in [0.2, 0.25) is 5.02 Å². The Morgan fingerprint density at radius 2 is 2.03 bits per heavy atom.